The van der Waals surface area contributed by atoms with E-state index in [0.717, 1.165) is 21.2 Å². The second kappa shape index (κ2) is 8.00. The third kappa shape index (κ3) is 3.34. The predicted molar refractivity (Wildman–Crippen MR) is 126 cm³/mol. The summed E-state index contributed by atoms with van der Waals surface area (Å²) in [5, 5.41) is 18.1. The van der Waals surface area contributed by atoms with Crippen molar-refractivity contribution in [3.05, 3.63) is 93.0 Å². The highest BCUT2D eigenvalue weighted by molar-refractivity contribution is 9.10. The standard InChI is InChI=1S/C24H17BrClN3O3/c1-32-19-12-14(4-11-18(19)30)23-20-21(13-2-5-15(25)6-3-13)27-28-22(20)24(31)29(23)17-9-7-16(26)8-10-17/h2-12,23,30H,1H3,(H,27,28). The molecular weight excluding hydrogens is 494 g/mol. The molecule has 1 aliphatic heterocycles. The molecule has 0 bridgehead atoms. The molecule has 0 radical (unpaired) electrons. The molecule has 1 amide bonds. The summed E-state index contributed by atoms with van der Waals surface area (Å²) < 4.78 is 6.28. The quantitative estimate of drug-likeness (QED) is 0.355. The molecule has 32 heavy (non-hydrogen) atoms. The number of fused-ring (bicyclic) bond motifs is 1. The van der Waals surface area contributed by atoms with Gasteiger partial charge >= 0.3 is 0 Å². The van der Waals surface area contributed by atoms with Crippen molar-refractivity contribution in [3.8, 4) is 22.8 Å². The molecule has 0 saturated carbocycles. The number of carbonyl (C=O) groups is 1. The van der Waals surface area contributed by atoms with Crippen LogP contribution in [0.2, 0.25) is 5.02 Å². The summed E-state index contributed by atoms with van der Waals surface area (Å²) in [5.74, 6) is 0.155. The number of phenolic OH excluding ortho intramolecular Hbond substituents is 1. The van der Waals surface area contributed by atoms with Crippen LogP contribution in [0.15, 0.2) is 71.2 Å². The number of hydrogen-bond acceptors (Lipinski definition) is 4. The second-order valence-electron chi connectivity index (χ2n) is 7.35. The number of nitrogens with one attached hydrogen (secondary N) is 1. The maximum absolute atomic E-state index is 13.5. The van der Waals surface area contributed by atoms with E-state index >= 15 is 0 Å². The molecule has 1 unspecified atom stereocenters. The lowest BCUT2D eigenvalue weighted by Gasteiger charge is -2.27. The molecule has 8 heteroatoms. The van der Waals surface area contributed by atoms with Crippen LogP contribution in [-0.2, 0) is 0 Å². The van der Waals surface area contributed by atoms with Gasteiger partial charge in [-0.15, -0.1) is 0 Å². The zero-order valence-corrected chi connectivity index (χ0v) is 19.2. The summed E-state index contributed by atoms with van der Waals surface area (Å²) in [7, 11) is 1.49. The number of nitrogens with zero attached hydrogens (tertiary/aromatic N) is 2. The number of H-pyrrole nitrogens is 1. The molecule has 160 valence electrons. The highest BCUT2D eigenvalue weighted by Crippen LogP contribution is 2.46. The number of methoxy groups -OCH3 is 1. The normalized spacial score (nSPS) is 15.2. The molecule has 0 fully saturated rings. The fraction of sp³-hybridized carbons (Fsp3) is 0.0833. The Morgan fingerprint density at radius 3 is 2.50 bits per heavy atom. The van der Waals surface area contributed by atoms with Crippen LogP contribution in [0.5, 0.6) is 11.5 Å². The number of ether oxygens (including phenoxy) is 1. The number of aromatic hydroxyl groups is 1. The smallest absolute Gasteiger partial charge is 0.277 e. The first-order chi connectivity index (χ1) is 15.5. The zero-order valence-electron chi connectivity index (χ0n) is 16.8. The van der Waals surface area contributed by atoms with Gasteiger partial charge in [-0.05, 0) is 54.1 Å². The van der Waals surface area contributed by atoms with Gasteiger partial charge in [0.25, 0.3) is 5.91 Å². The Balaban J connectivity index is 1.73. The summed E-state index contributed by atoms with van der Waals surface area (Å²) in [4.78, 5) is 15.2. The Bertz CT molecular complexity index is 1320. The number of anilines is 1. The van der Waals surface area contributed by atoms with E-state index in [-0.39, 0.29) is 11.7 Å². The maximum Gasteiger partial charge on any atom is 0.277 e. The van der Waals surface area contributed by atoms with Gasteiger partial charge in [0.05, 0.1) is 18.8 Å². The lowest BCUT2D eigenvalue weighted by atomic mass is 9.95. The minimum atomic E-state index is -0.481. The monoisotopic (exact) mass is 509 g/mol. The van der Waals surface area contributed by atoms with E-state index in [9.17, 15) is 9.90 Å². The van der Waals surface area contributed by atoms with Crippen molar-refractivity contribution in [3.63, 3.8) is 0 Å². The number of hydrogen-bond donors (Lipinski definition) is 2. The van der Waals surface area contributed by atoms with E-state index in [2.05, 4.69) is 26.1 Å². The van der Waals surface area contributed by atoms with Gasteiger partial charge in [0.1, 0.15) is 5.69 Å². The van der Waals surface area contributed by atoms with Crippen molar-refractivity contribution in [1.29, 1.82) is 0 Å². The molecule has 2 heterocycles. The van der Waals surface area contributed by atoms with Gasteiger partial charge in [-0.3, -0.25) is 14.8 Å². The molecule has 1 aliphatic rings. The van der Waals surface area contributed by atoms with Crippen LogP contribution in [0.25, 0.3) is 11.3 Å². The van der Waals surface area contributed by atoms with Gasteiger partial charge in [-0.1, -0.05) is 45.7 Å². The van der Waals surface area contributed by atoms with Crippen molar-refractivity contribution in [2.75, 3.05) is 12.0 Å². The van der Waals surface area contributed by atoms with Crippen molar-refractivity contribution in [1.82, 2.24) is 10.2 Å². The highest BCUT2D eigenvalue weighted by atomic mass is 79.9. The van der Waals surface area contributed by atoms with Crippen molar-refractivity contribution < 1.29 is 14.6 Å². The molecule has 4 aromatic rings. The van der Waals surface area contributed by atoms with Crippen molar-refractivity contribution in [2.24, 2.45) is 0 Å². The molecule has 2 N–H and O–H groups in total. The summed E-state index contributed by atoms with van der Waals surface area (Å²) in [6.45, 7) is 0. The van der Waals surface area contributed by atoms with Crippen LogP contribution < -0.4 is 9.64 Å². The molecular formula is C24H17BrClN3O3. The number of phenols is 1. The van der Waals surface area contributed by atoms with Crippen LogP contribution in [0.3, 0.4) is 0 Å². The summed E-state index contributed by atoms with van der Waals surface area (Å²) in [6.07, 6.45) is 0. The third-order valence-electron chi connectivity index (χ3n) is 5.51. The molecule has 0 aliphatic carbocycles. The first kappa shape index (κ1) is 20.6. The number of amides is 1. The summed E-state index contributed by atoms with van der Waals surface area (Å²) >= 11 is 9.54. The third-order valence-corrected chi connectivity index (χ3v) is 6.29. The molecule has 3 aromatic carbocycles. The first-order valence-corrected chi connectivity index (χ1v) is 10.9. The average molecular weight is 511 g/mol. The molecule has 1 atom stereocenters. The van der Waals surface area contributed by atoms with Gasteiger partial charge in [0.2, 0.25) is 0 Å². The molecule has 0 spiro atoms. The number of aromatic amines is 1. The Morgan fingerprint density at radius 2 is 1.81 bits per heavy atom. The predicted octanol–water partition coefficient (Wildman–Crippen LogP) is 5.96. The highest BCUT2D eigenvalue weighted by Gasteiger charge is 2.43. The Labute approximate surface area is 197 Å². The van der Waals surface area contributed by atoms with E-state index in [1.165, 1.54) is 7.11 Å². The number of halogens is 2. The van der Waals surface area contributed by atoms with Crippen molar-refractivity contribution in [2.45, 2.75) is 6.04 Å². The minimum Gasteiger partial charge on any atom is -0.504 e. The largest absolute Gasteiger partial charge is 0.504 e. The van der Waals surface area contributed by atoms with Gasteiger partial charge in [-0.25, -0.2) is 0 Å². The summed E-state index contributed by atoms with van der Waals surface area (Å²) in [5.41, 5.74) is 4.24. The number of benzene rings is 3. The molecule has 1 aromatic heterocycles. The van der Waals surface area contributed by atoms with Gasteiger partial charge in [0.15, 0.2) is 11.5 Å². The van der Waals surface area contributed by atoms with E-state index in [1.807, 2.05) is 36.4 Å². The maximum atomic E-state index is 13.5. The fourth-order valence-corrected chi connectivity index (χ4v) is 4.41. The fourth-order valence-electron chi connectivity index (χ4n) is 4.02. The Morgan fingerprint density at radius 1 is 1.09 bits per heavy atom. The van der Waals surface area contributed by atoms with E-state index < -0.39 is 6.04 Å². The summed E-state index contributed by atoms with van der Waals surface area (Å²) in [6, 6.07) is 19.5. The molecule has 6 nitrogen and oxygen atoms in total. The first-order valence-electron chi connectivity index (χ1n) is 9.78. The van der Waals surface area contributed by atoms with E-state index in [0.29, 0.717) is 27.8 Å². The van der Waals surface area contributed by atoms with Crippen LogP contribution in [-0.4, -0.2) is 28.3 Å². The van der Waals surface area contributed by atoms with Gasteiger partial charge < -0.3 is 9.84 Å². The second-order valence-corrected chi connectivity index (χ2v) is 8.71. The van der Waals surface area contributed by atoms with Crippen LogP contribution >= 0.6 is 27.5 Å². The van der Waals surface area contributed by atoms with Gasteiger partial charge in [0, 0.05) is 26.3 Å². The van der Waals surface area contributed by atoms with E-state index in [1.54, 1.807) is 35.2 Å². The number of rotatable bonds is 4. The van der Waals surface area contributed by atoms with Gasteiger partial charge in [-0.2, -0.15) is 5.10 Å². The van der Waals surface area contributed by atoms with Crippen LogP contribution in [0, 0.1) is 0 Å². The van der Waals surface area contributed by atoms with Crippen LogP contribution in [0.4, 0.5) is 5.69 Å². The minimum absolute atomic E-state index is 0.0270. The average Bonchev–Trinajstić information content (AvgIpc) is 3.35. The topological polar surface area (TPSA) is 78.5 Å². The van der Waals surface area contributed by atoms with E-state index in [4.69, 9.17) is 16.3 Å². The lowest BCUT2D eigenvalue weighted by Crippen LogP contribution is -2.29. The number of aromatic nitrogens is 2. The Hall–Kier alpha value is -3.29. The molecule has 0 saturated heterocycles. The van der Waals surface area contributed by atoms with Crippen molar-refractivity contribution >= 4 is 39.1 Å². The lowest BCUT2D eigenvalue weighted by molar-refractivity contribution is 0.0988. The number of carbonyl (C=O) groups excluding carboxylic acids is 1. The SMILES string of the molecule is COc1cc(C2c3c(-c4ccc(Br)cc4)n[nH]c3C(=O)N2c2ccc(Cl)cc2)ccc1O. The zero-order chi connectivity index (χ0) is 22.4. The molecule has 5 rings (SSSR count). The Kier molecular flexibility index (Phi) is 5.15. The van der Waals surface area contributed by atoms with Crippen LogP contribution in [0.1, 0.15) is 27.7 Å².